The minimum absolute atomic E-state index is 0.391. The molecule has 0 aliphatic carbocycles. The molecule has 31 heavy (non-hydrogen) atoms. The van der Waals surface area contributed by atoms with Gasteiger partial charge in [0.15, 0.2) is 0 Å². The van der Waals surface area contributed by atoms with Crippen LogP contribution in [0.5, 0.6) is 11.5 Å². The van der Waals surface area contributed by atoms with Gasteiger partial charge in [0.1, 0.15) is 11.5 Å². The summed E-state index contributed by atoms with van der Waals surface area (Å²) >= 11 is 0. The van der Waals surface area contributed by atoms with Gasteiger partial charge in [-0.25, -0.2) is 9.59 Å². The van der Waals surface area contributed by atoms with E-state index in [0.29, 0.717) is 22.6 Å². The highest BCUT2D eigenvalue weighted by Crippen LogP contribution is 2.20. The molecule has 0 aliphatic rings. The quantitative estimate of drug-likeness (QED) is 0.298. The van der Waals surface area contributed by atoms with Crippen LogP contribution in [0.2, 0.25) is 0 Å². The number of benzene rings is 3. The Morgan fingerprint density at radius 2 is 1.00 bits per heavy atom. The van der Waals surface area contributed by atoms with E-state index in [9.17, 15) is 9.59 Å². The van der Waals surface area contributed by atoms with E-state index < -0.39 is 11.9 Å². The first-order chi connectivity index (χ1) is 15.1. The van der Waals surface area contributed by atoms with E-state index in [1.54, 1.807) is 48.5 Å². The maximum Gasteiger partial charge on any atom is 0.343 e. The molecule has 0 spiro atoms. The SMILES string of the molecule is CCCCc1ccc(C(=O)Oc2ccc(OC(=O)c3ccc(CCC)cc3)cc2)cc1. The summed E-state index contributed by atoms with van der Waals surface area (Å²) in [6, 6.07) is 21.4. The van der Waals surface area contributed by atoms with Crippen molar-refractivity contribution in [2.75, 3.05) is 0 Å². The minimum Gasteiger partial charge on any atom is -0.423 e. The molecule has 0 saturated heterocycles. The molecule has 0 atom stereocenters. The highest BCUT2D eigenvalue weighted by Gasteiger charge is 2.11. The lowest BCUT2D eigenvalue weighted by molar-refractivity contribution is 0.0719. The number of carbonyl (C=O) groups excluding carboxylic acids is 2. The van der Waals surface area contributed by atoms with Gasteiger partial charge in [-0.15, -0.1) is 0 Å². The van der Waals surface area contributed by atoms with Gasteiger partial charge in [0.2, 0.25) is 0 Å². The van der Waals surface area contributed by atoms with Crippen LogP contribution in [0.25, 0.3) is 0 Å². The van der Waals surface area contributed by atoms with Crippen LogP contribution in [0, 0.1) is 0 Å². The topological polar surface area (TPSA) is 52.6 Å². The van der Waals surface area contributed by atoms with Gasteiger partial charge in [0, 0.05) is 0 Å². The van der Waals surface area contributed by atoms with E-state index >= 15 is 0 Å². The van der Waals surface area contributed by atoms with Crippen molar-refractivity contribution in [3.63, 3.8) is 0 Å². The third-order valence-corrected chi connectivity index (χ3v) is 4.98. The standard InChI is InChI=1S/C27H28O4/c1-3-5-7-21-10-14-23(15-11-21)27(29)31-25-18-16-24(17-19-25)30-26(28)22-12-8-20(6-4-2)9-13-22/h8-19H,3-7H2,1-2H3. The Hall–Kier alpha value is -3.40. The zero-order valence-electron chi connectivity index (χ0n) is 18.1. The highest BCUT2D eigenvalue weighted by atomic mass is 16.5. The van der Waals surface area contributed by atoms with Crippen LogP contribution < -0.4 is 9.47 Å². The molecule has 160 valence electrons. The zero-order valence-corrected chi connectivity index (χ0v) is 18.1. The summed E-state index contributed by atoms with van der Waals surface area (Å²) in [4.78, 5) is 24.7. The largest absolute Gasteiger partial charge is 0.423 e. The Labute approximate surface area is 183 Å². The van der Waals surface area contributed by atoms with Crippen molar-refractivity contribution in [2.24, 2.45) is 0 Å². The van der Waals surface area contributed by atoms with Crippen molar-refractivity contribution in [1.82, 2.24) is 0 Å². The average Bonchev–Trinajstić information content (AvgIpc) is 2.80. The van der Waals surface area contributed by atoms with Crippen molar-refractivity contribution < 1.29 is 19.1 Å². The fourth-order valence-corrected chi connectivity index (χ4v) is 3.19. The van der Waals surface area contributed by atoms with E-state index in [0.717, 1.165) is 32.1 Å². The predicted octanol–water partition coefficient (Wildman–Crippen LogP) is 6.42. The van der Waals surface area contributed by atoms with Gasteiger partial charge >= 0.3 is 11.9 Å². The highest BCUT2D eigenvalue weighted by molar-refractivity contribution is 5.92. The van der Waals surface area contributed by atoms with Crippen LogP contribution in [0.15, 0.2) is 72.8 Å². The summed E-state index contributed by atoms with van der Waals surface area (Å²) in [5.74, 6) is -0.0543. The number of aryl methyl sites for hydroxylation is 2. The summed E-state index contributed by atoms with van der Waals surface area (Å²) < 4.78 is 10.8. The van der Waals surface area contributed by atoms with Gasteiger partial charge < -0.3 is 9.47 Å². The second-order valence-electron chi connectivity index (χ2n) is 7.50. The fourth-order valence-electron chi connectivity index (χ4n) is 3.19. The van der Waals surface area contributed by atoms with Crippen LogP contribution in [0.1, 0.15) is 65.0 Å². The lowest BCUT2D eigenvalue weighted by Gasteiger charge is -2.08. The molecular formula is C27H28O4. The Kier molecular flexibility index (Phi) is 7.99. The average molecular weight is 417 g/mol. The molecule has 0 aliphatic heterocycles. The van der Waals surface area contributed by atoms with E-state index in [-0.39, 0.29) is 0 Å². The molecule has 3 aromatic carbocycles. The Balaban J connectivity index is 1.55. The van der Waals surface area contributed by atoms with E-state index in [1.165, 1.54) is 11.1 Å². The van der Waals surface area contributed by atoms with Crippen molar-refractivity contribution in [3.05, 3.63) is 95.1 Å². The second kappa shape index (κ2) is 11.1. The van der Waals surface area contributed by atoms with Crippen molar-refractivity contribution in [2.45, 2.75) is 46.0 Å². The number of hydrogen-bond donors (Lipinski definition) is 0. The smallest absolute Gasteiger partial charge is 0.343 e. The maximum atomic E-state index is 12.4. The third kappa shape index (κ3) is 6.54. The number of rotatable bonds is 9. The molecule has 0 heterocycles. The van der Waals surface area contributed by atoms with Crippen LogP contribution in [0.4, 0.5) is 0 Å². The molecule has 0 amide bonds. The first-order valence-corrected chi connectivity index (χ1v) is 10.8. The third-order valence-electron chi connectivity index (χ3n) is 4.98. The second-order valence-corrected chi connectivity index (χ2v) is 7.50. The van der Waals surface area contributed by atoms with Crippen molar-refractivity contribution in [1.29, 1.82) is 0 Å². The predicted molar refractivity (Wildman–Crippen MR) is 122 cm³/mol. The number of unbranched alkanes of at least 4 members (excludes halogenated alkanes) is 1. The minimum atomic E-state index is -0.420. The Bertz CT molecular complexity index is 987. The van der Waals surface area contributed by atoms with Gasteiger partial charge in [-0.1, -0.05) is 51.0 Å². The van der Waals surface area contributed by atoms with Crippen molar-refractivity contribution >= 4 is 11.9 Å². The summed E-state index contributed by atoms with van der Waals surface area (Å²) in [5.41, 5.74) is 3.41. The fraction of sp³-hybridized carbons (Fsp3) is 0.259. The van der Waals surface area contributed by atoms with Crippen LogP contribution in [-0.4, -0.2) is 11.9 Å². The molecule has 3 aromatic rings. The molecule has 0 unspecified atom stereocenters. The molecule has 0 fully saturated rings. The molecule has 0 saturated carbocycles. The summed E-state index contributed by atoms with van der Waals surface area (Å²) in [7, 11) is 0. The monoisotopic (exact) mass is 416 g/mol. The zero-order chi connectivity index (χ0) is 22.1. The summed E-state index contributed by atoms with van der Waals surface area (Å²) in [6.07, 6.45) is 5.32. The van der Waals surface area contributed by atoms with E-state index in [4.69, 9.17) is 9.47 Å². The number of esters is 2. The number of hydrogen-bond acceptors (Lipinski definition) is 4. The first-order valence-electron chi connectivity index (χ1n) is 10.8. The summed E-state index contributed by atoms with van der Waals surface area (Å²) in [6.45, 7) is 4.27. The van der Waals surface area contributed by atoms with Crippen LogP contribution in [0.3, 0.4) is 0 Å². The lowest BCUT2D eigenvalue weighted by Crippen LogP contribution is -2.09. The number of carbonyl (C=O) groups is 2. The Morgan fingerprint density at radius 3 is 1.39 bits per heavy atom. The van der Waals surface area contributed by atoms with Crippen molar-refractivity contribution in [3.8, 4) is 11.5 Å². The van der Waals surface area contributed by atoms with Gasteiger partial charge in [-0.3, -0.25) is 0 Å². The Morgan fingerprint density at radius 1 is 0.581 bits per heavy atom. The van der Waals surface area contributed by atoms with Crippen LogP contribution >= 0.6 is 0 Å². The van der Waals surface area contributed by atoms with E-state index in [2.05, 4.69) is 13.8 Å². The van der Waals surface area contributed by atoms with Gasteiger partial charge in [0.25, 0.3) is 0 Å². The van der Waals surface area contributed by atoms with Gasteiger partial charge in [-0.2, -0.15) is 0 Å². The first kappa shape index (κ1) is 22.3. The molecule has 3 rings (SSSR count). The molecule has 0 bridgehead atoms. The molecule has 0 aromatic heterocycles. The molecule has 4 heteroatoms. The van der Waals surface area contributed by atoms with Gasteiger partial charge in [0.05, 0.1) is 11.1 Å². The maximum absolute atomic E-state index is 12.4. The lowest BCUT2D eigenvalue weighted by atomic mass is 10.1. The molecule has 4 nitrogen and oxygen atoms in total. The van der Waals surface area contributed by atoms with Crippen LogP contribution in [-0.2, 0) is 12.8 Å². The van der Waals surface area contributed by atoms with Gasteiger partial charge in [-0.05, 0) is 78.9 Å². The molecule has 0 radical (unpaired) electrons. The molecule has 0 N–H and O–H groups in total. The van der Waals surface area contributed by atoms with E-state index in [1.807, 2.05) is 24.3 Å². The normalized spacial score (nSPS) is 10.5. The molecular weight excluding hydrogens is 388 g/mol. The number of ether oxygens (including phenoxy) is 2. The summed E-state index contributed by atoms with van der Waals surface area (Å²) in [5, 5.41) is 0.